The summed E-state index contributed by atoms with van der Waals surface area (Å²) in [7, 11) is 0. The van der Waals surface area contributed by atoms with E-state index in [0.717, 1.165) is 0 Å². The van der Waals surface area contributed by atoms with Gasteiger partial charge in [-0.2, -0.15) is 4.90 Å². The molecule has 6 nitrogen and oxygen atoms in total. The van der Waals surface area contributed by atoms with Crippen molar-refractivity contribution in [3.8, 4) is 11.5 Å². The van der Waals surface area contributed by atoms with E-state index < -0.39 is 17.8 Å². The van der Waals surface area contributed by atoms with Gasteiger partial charge >= 0.3 is 6.03 Å². The molecule has 6 heteroatoms. The average Bonchev–Trinajstić information content (AvgIpc) is 3.03. The Morgan fingerprint density at radius 2 is 1.39 bits per heavy atom. The molecule has 3 aromatic carbocycles. The molecule has 0 unspecified atom stereocenters. The Hall–Kier alpha value is -3.93. The predicted octanol–water partition coefficient (Wildman–Crippen LogP) is 4.09. The van der Waals surface area contributed by atoms with E-state index in [0.29, 0.717) is 16.3 Å². The van der Waals surface area contributed by atoms with Crippen LogP contribution in [0.1, 0.15) is 10.4 Å². The van der Waals surface area contributed by atoms with Gasteiger partial charge < -0.3 is 4.74 Å². The van der Waals surface area contributed by atoms with Gasteiger partial charge in [0.25, 0.3) is 11.8 Å². The lowest BCUT2D eigenvalue weighted by molar-refractivity contribution is -0.123. The van der Waals surface area contributed by atoms with Crippen LogP contribution in [-0.2, 0) is 4.79 Å². The zero-order chi connectivity index (χ0) is 19.5. The molecule has 0 N–H and O–H groups in total. The highest BCUT2D eigenvalue weighted by molar-refractivity contribution is 6.25. The van der Waals surface area contributed by atoms with Crippen molar-refractivity contribution < 1.29 is 19.1 Å². The van der Waals surface area contributed by atoms with Gasteiger partial charge in [0, 0.05) is 5.69 Å². The summed E-state index contributed by atoms with van der Waals surface area (Å²) in [6, 6.07) is 23.6. The van der Waals surface area contributed by atoms with Crippen LogP contribution in [-0.4, -0.2) is 29.3 Å². The molecule has 4 amide bonds. The Balaban J connectivity index is 1.63. The molecule has 138 valence electrons. The van der Waals surface area contributed by atoms with Crippen molar-refractivity contribution in [2.75, 3.05) is 11.4 Å². The van der Waals surface area contributed by atoms with Gasteiger partial charge in [-0.3, -0.25) is 14.5 Å². The number of carbonyl (C=O) groups is 3. The maximum Gasteiger partial charge on any atom is 0.338 e. The van der Waals surface area contributed by atoms with Crippen LogP contribution in [0.2, 0.25) is 0 Å². The molecule has 4 rings (SSSR count). The minimum Gasteiger partial charge on any atom is -0.457 e. The Kier molecular flexibility index (Phi) is 4.60. The summed E-state index contributed by atoms with van der Waals surface area (Å²) in [5, 5.41) is 0. The van der Waals surface area contributed by atoms with Crippen LogP contribution in [0.25, 0.3) is 0 Å². The van der Waals surface area contributed by atoms with Gasteiger partial charge in [-0.25, -0.2) is 4.79 Å². The van der Waals surface area contributed by atoms with Gasteiger partial charge in [-0.15, -0.1) is 0 Å². The molecule has 0 radical (unpaired) electrons. The van der Waals surface area contributed by atoms with E-state index in [4.69, 9.17) is 4.74 Å². The molecule has 1 aliphatic heterocycles. The summed E-state index contributed by atoms with van der Waals surface area (Å²) >= 11 is 0. The minimum absolute atomic E-state index is 0.142. The van der Waals surface area contributed by atoms with E-state index >= 15 is 0 Å². The number of para-hydroxylation sites is 3. The maximum absolute atomic E-state index is 13.0. The number of amides is 4. The number of urea groups is 1. The molecule has 28 heavy (non-hydrogen) atoms. The second kappa shape index (κ2) is 7.36. The monoisotopic (exact) mass is 372 g/mol. The summed E-state index contributed by atoms with van der Waals surface area (Å²) in [6.45, 7) is -0.184. The molecule has 0 saturated carbocycles. The number of anilines is 1. The summed E-state index contributed by atoms with van der Waals surface area (Å²) in [6.07, 6.45) is 0. The third-order valence-electron chi connectivity index (χ3n) is 4.32. The summed E-state index contributed by atoms with van der Waals surface area (Å²) in [4.78, 5) is 40.2. The first-order valence-corrected chi connectivity index (χ1v) is 8.71. The number of hydrogen-bond acceptors (Lipinski definition) is 4. The number of rotatable bonds is 4. The van der Waals surface area contributed by atoms with Crippen molar-refractivity contribution in [3.05, 3.63) is 90.5 Å². The molecule has 0 atom stereocenters. The lowest BCUT2D eigenvalue weighted by atomic mass is 10.1. The molecule has 3 aromatic rings. The Morgan fingerprint density at radius 1 is 0.786 bits per heavy atom. The topological polar surface area (TPSA) is 66.9 Å². The van der Waals surface area contributed by atoms with E-state index in [2.05, 4.69) is 0 Å². The maximum atomic E-state index is 13.0. The van der Waals surface area contributed by atoms with Gasteiger partial charge in [-0.05, 0) is 36.4 Å². The Morgan fingerprint density at radius 3 is 2.11 bits per heavy atom. The molecule has 1 heterocycles. The third kappa shape index (κ3) is 3.23. The van der Waals surface area contributed by atoms with E-state index in [-0.39, 0.29) is 17.9 Å². The van der Waals surface area contributed by atoms with Crippen LogP contribution < -0.4 is 9.64 Å². The normalized spacial score (nSPS) is 13.7. The van der Waals surface area contributed by atoms with Crippen molar-refractivity contribution in [1.29, 1.82) is 0 Å². The quantitative estimate of drug-likeness (QED) is 0.511. The Bertz CT molecular complexity index is 1030. The van der Waals surface area contributed by atoms with Gasteiger partial charge in [0.2, 0.25) is 0 Å². The number of carbonyl (C=O) groups excluding carboxylic acids is 3. The lowest BCUT2D eigenvalue weighted by Crippen LogP contribution is -2.38. The first-order valence-electron chi connectivity index (χ1n) is 8.71. The van der Waals surface area contributed by atoms with E-state index in [9.17, 15) is 14.4 Å². The molecule has 0 spiro atoms. The lowest BCUT2D eigenvalue weighted by Gasteiger charge is -2.17. The Labute approximate surface area is 161 Å². The van der Waals surface area contributed by atoms with Crippen molar-refractivity contribution in [2.45, 2.75) is 0 Å². The fraction of sp³-hybridized carbons (Fsp3) is 0.0455. The zero-order valence-electron chi connectivity index (χ0n) is 14.8. The van der Waals surface area contributed by atoms with Crippen LogP contribution in [0.15, 0.2) is 84.9 Å². The zero-order valence-corrected chi connectivity index (χ0v) is 14.8. The molecular weight excluding hydrogens is 356 g/mol. The predicted molar refractivity (Wildman–Crippen MR) is 103 cm³/mol. The van der Waals surface area contributed by atoms with Crippen LogP contribution in [0.4, 0.5) is 10.5 Å². The van der Waals surface area contributed by atoms with Crippen LogP contribution in [0, 0.1) is 0 Å². The van der Waals surface area contributed by atoms with Crippen molar-refractivity contribution in [3.63, 3.8) is 0 Å². The third-order valence-corrected chi connectivity index (χ3v) is 4.32. The van der Waals surface area contributed by atoms with Gasteiger partial charge in [0.15, 0.2) is 0 Å². The number of ether oxygens (including phenoxy) is 1. The number of imide groups is 3. The molecule has 0 aliphatic carbocycles. The standard InChI is InChI=1S/C22H16N2O4/c25-20-15-23(16-9-3-1-4-10-16)22(27)24(20)21(26)18-13-7-8-14-19(18)28-17-11-5-2-6-12-17/h1-14H,15H2. The second-order valence-corrected chi connectivity index (χ2v) is 6.15. The van der Waals surface area contributed by atoms with Crippen molar-refractivity contribution in [2.24, 2.45) is 0 Å². The average molecular weight is 372 g/mol. The minimum atomic E-state index is -0.708. The van der Waals surface area contributed by atoms with Crippen molar-refractivity contribution in [1.82, 2.24) is 4.90 Å². The first kappa shape index (κ1) is 17.5. The smallest absolute Gasteiger partial charge is 0.338 e. The van der Waals surface area contributed by atoms with Crippen molar-refractivity contribution >= 4 is 23.5 Å². The highest BCUT2D eigenvalue weighted by Gasteiger charge is 2.42. The van der Waals surface area contributed by atoms with Crippen LogP contribution in [0.5, 0.6) is 11.5 Å². The summed E-state index contributed by atoms with van der Waals surface area (Å²) in [5.41, 5.74) is 0.702. The van der Waals surface area contributed by atoms with Crippen LogP contribution in [0.3, 0.4) is 0 Å². The largest absolute Gasteiger partial charge is 0.457 e. The first-order chi connectivity index (χ1) is 13.6. The van der Waals surface area contributed by atoms with Crippen LogP contribution >= 0.6 is 0 Å². The second-order valence-electron chi connectivity index (χ2n) is 6.15. The highest BCUT2D eigenvalue weighted by atomic mass is 16.5. The fourth-order valence-corrected chi connectivity index (χ4v) is 2.98. The molecule has 1 aliphatic rings. The molecule has 1 saturated heterocycles. The van der Waals surface area contributed by atoms with Gasteiger partial charge in [0.1, 0.15) is 18.0 Å². The van der Waals surface area contributed by atoms with E-state index in [1.807, 2.05) is 24.3 Å². The molecule has 0 bridgehead atoms. The SMILES string of the molecule is O=C1CN(c2ccccc2)C(=O)N1C(=O)c1ccccc1Oc1ccccc1. The van der Waals surface area contributed by atoms with E-state index in [1.54, 1.807) is 54.6 Å². The van der Waals surface area contributed by atoms with Gasteiger partial charge in [-0.1, -0.05) is 48.5 Å². The summed E-state index contributed by atoms with van der Waals surface area (Å²) < 4.78 is 5.79. The fourth-order valence-electron chi connectivity index (χ4n) is 2.98. The van der Waals surface area contributed by atoms with Gasteiger partial charge in [0.05, 0.1) is 5.56 Å². The number of benzene rings is 3. The molecule has 0 aromatic heterocycles. The highest BCUT2D eigenvalue weighted by Crippen LogP contribution is 2.28. The number of nitrogens with zero attached hydrogens (tertiary/aromatic N) is 2. The molecular formula is C22H16N2O4. The number of hydrogen-bond donors (Lipinski definition) is 0. The summed E-state index contributed by atoms with van der Waals surface area (Å²) in [5.74, 6) is -0.460. The van der Waals surface area contributed by atoms with E-state index in [1.165, 1.54) is 11.0 Å². The molecule has 1 fully saturated rings.